The molecule has 3 saturated heterocycles. The van der Waals surface area contributed by atoms with E-state index in [-0.39, 0.29) is 18.2 Å². The van der Waals surface area contributed by atoms with E-state index in [2.05, 4.69) is 33.1 Å². The lowest BCUT2D eigenvalue weighted by atomic mass is 9.94. The summed E-state index contributed by atoms with van der Waals surface area (Å²) < 4.78 is 17.3. The average molecular weight is 418 g/mol. The van der Waals surface area contributed by atoms with Gasteiger partial charge in [0.25, 0.3) is 0 Å². The Labute approximate surface area is 176 Å². The number of aliphatic hydroxyl groups is 1. The van der Waals surface area contributed by atoms with Crippen LogP contribution < -0.4 is 20.3 Å². The van der Waals surface area contributed by atoms with Gasteiger partial charge in [-0.25, -0.2) is 4.79 Å². The molecule has 0 aliphatic carbocycles. The van der Waals surface area contributed by atoms with Gasteiger partial charge >= 0.3 is 6.03 Å². The Balaban J connectivity index is 1.41. The average Bonchev–Trinajstić information content (AvgIpc) is 3.21. The quantitative estimate of drug-likeness (QED) is 0.567. The van der Waals surface area contributed by atoms with Gasteiger partial charge < -0.3 is 34.9 Å². The van der Waals surface area contributed by atoms with Crippen molar-refractivity contribution < 1.29 is 24.1 Å². The van der Waals surface area contributed by atoms with Crippen molar-refractivity contribution in [2.45, 2.75) is 30.6 Å². The van der Waals surface area contributed by atoms with Gasteiger partial charge in [-0.1, -0.05) is 18.2 Å². The first-order chi connectivity index (χ1) is 14.6. The number of hydrogen-bond donors (Lipinski definition) is 3. The van der Waals surface area contributed by atoms with Crippen LogP contribution in [0.1, 0.15) is 0 Å². The number of nitrogens with one attached hydrogen (secondary N) is 2. The van der Waals surface area contributed by atoms with Gasteiger partial charge in [0.05, 0.1) is 37.6 Å². The predicted molar refractivity (Wildman–Crippen MR) is 112 cm³/mol. The van der Waals surface area contributed by atoms with Gasteiger partial charge in [-0.3, -0.25) is 4.90 Å². The lowest BCUT2D eigenvalue weighted by Crippen LogP contribution is -2.67. The van der Waals surface area contributed by atoms with Gasteiger partial charge in [0.15, 0.2) is 6.29 Å². The third-order valence-electron chi connectivity index (χ3n) is 6.00. The highest BCUT2D eigenvalue weighted by Crippen LogP contribution is 2.33. The summed E-state index contributed by atoms with van der Waals surface area (Å²) in [6, 6.07) is 6.75. The van der Waals surface area contributed by atoms with Crippen LogP contribution in [0.3, 0.4) is 0 Å². The fourth-order valence-corrected chi connectivity index (χ4v) is 4.49. The van der Waals surface area contributed by atoms with Crippen LogP contribution in [0.25, 0.3) is 0 Å². The summed E-state index contributed by atoms with van der Waals surface area (Å²) in [7, 11) is 1.68. The number of aliphatic hydroxyl groups excluding tert-OH is 1. The summed E-state index contributed by atoms with van der Waals surface area (Å²) >= 11 is 0. The Hall–Kier alpha value is -2.33. The van der Waals surface area contributed by atoms with Crippen LogP contribution in [-0.4, -0.2) is 93.1 Å². The number of carbonyl (C=O) groups excluding carboxylic acids is 1. The van der Waals surface area contributed by atoms with Crippen molar-refractivity contribution in [2.75, 3.05) is 51.3 Å². The van der Waals surface area contributed by atoms with Crippen LogP contribution in [0.15, 0.2) is 36.9 Å². The number of carbonyl (C=O) groups is 1. The first-order valence-electron chi connectivity index (χ1n) is 10.3. The SMILES string of the molecule is C=CCNC(=O)NC1C2COC(O2)C(N2CCN(c3ccccc3OC)CC2)C1O. The number of piperazine rings is 1. The smallest absolute Gasteiger partial charge is 0.315 e. The molecule has 3 N–H and O–H groups in total. The molecule has 1 aromatic rings. The fourth-order valence-electron chi connectivity index (χ4n) is 4.49. The molecule has 0 spiro atoms. The first kappa shape index (κ1) is 20.9. The molecule has 3 aliphatic rings. The third-order valence-corrected chi connectivity index (χ3v) is 6.00. The highest BCUT2D eigenvalue weighted by molar-refractivity contribution is 5.74. The molecule has 0 saturated carbocycles. The second kappa shape index (κ2) is 9.22. The number of nitrogens with zero attached hydrogens (tertiary/aromatic N) is 2. The molecule has 4 rings (SSSR count). The Bertz CT molecular complexity index is 755. The molecule has 1 aromatic carbocycles. The van der Waals surface area contributed by atoms with Crippen LogP contribution in [0.4, 0.5) is 10.5 Å². The van der Waals surface area contributed by atoms with Crippen LogP contribution >= 0.6 is 0 Å². The van der Waals surface area contributed by atoms with Crippen molar-refractivity contribution in [3.8, 4) is 5.75 Å². The van der Waals surface area contributed by atoms with Crippen LogP contribution in [-0.2, 0) is 9.47 Å². The highest BCUT2D eigenvalue weighted by Gasteiger charge is 2.52. The largest absolute Gasteiger partial charge is 0.495 e. The monoisotopic (exact) mass is 418 g/mol. The zero-order chi connectivity index (χ0) is 21.1. The molecule has 9 nitrogen and oxygen atoms in total. The van der Waals surface area contributed by atoms with Gasteiger partial charge in [-0.15, -0.1) is 6.58 Å². The van der Waals surface area contributed by atoms with Gasteiger partial charge in [-0.2, -0.15) is 0 Å². The molecule has 5 unspecified atom stereocenters. The summed E-state index contributed by atoms with van der Waals surface area (Å²) in [5.41, 5.74) is 1.07. The van der Waals surface area contributed by atoms with Gasteiger partial charge in [-0.05, 0) is 12.1 Å². The first-order valence-corrected chi connectivity index (χ1v) is 10.3. The molecule has 30 heavy (non-hydrogen) atoms. The molecule has 9 heteroatoms. The van der Waals surface area contributed by atoms with E-state index >= 15 is 0 Å². The standard InChI is InChI=1S/C21H30N4O5/c1-3-8-22-21(27)23-17-16-13-29-20(30-16)18(19(17)26)25-11-9-24(10-12-25)14-6-4-5-7-15(14)28-2/h3-7,16-20,26H,1,8-13H2,2H3,(H2,22,23,27). The molecule has 3 fully saturated rings. The van der Waals surface area contributed by atoms with E-state index in [1.54, 1.807) is 13.2 Å². The molecule has 0 radical (unpaired) electrons. The number of methoxy groups -OCH3 is 1. The lowest BCUT2D eigenvalue weighted by Gasteiger charge is -2.47. The summed E-state index contributed by atoms with van der Waals surface area (Å²) in [4.78, 5) is 16.6. The van der Waals surface area contributed by atoms with E-state index in [0.29, 0.717) is 13.2 Å². The van der Waals surface area contributed by atoms with E-state index in [1.165, 1.54) is 0 Å². The maximum absolute atomic E-state index is 12.1. The second-order valence-electron chi connectivity index (χ2n) is 7.72. The van der Waals surface area contributed by atoms with Crippen LogP contribution in [0, 0.1) is 0 Å². The number of rotatable bonds is 6. The van der Waals surface area contributed by atoms with Crippen molar-refractivity contribution >= 4 is 11.7 Å². The maximum atomic E-state index is 12.1. The van der Waals surface area contributed by atoms with E-state index in [1.807, 2.05) is 18.2 Å². The number of benzene rings is 1. The Morgan fingerprint density at radius 3 is 2.83 bits per heavy atom. The summed E-state index contributed by atoms with van der Waals surface area (Å²) in [5, 5.41) is 16.6. The molecular formula is C21H30N4O5. The second-order valence-corrected chi connectivity index (χ2v) is 7.72. The molecule has 3 aliphatic heterocycles. The minimum atomic E-state index is -0.788. The number of amides is 2. The van der Waals surface area contributed by atoms with Crippen molar-refractivity contribution in [1.29, 1.82) is 0 Å². The molecule has 2 bridgehead atoms. The van der Waals surface area contributed by atoms with Gasteiger partial charge in [0.1, 0.15) is 11.9 Å². The normalized spacial score (nSPS) is 31.3. The highest BCUT2D eigenvalue weighted by atomic mass is 16.7. The summed E-state index contributed by atoms with van der Waals surface area (Å²) in [5.74, 6) is 0.851. The minimum absolute atomic E-state index is 0.340. The molecule has 0 aromatic heterocycles. The molecule has 2 amide bonds. The van der Waals surface area contributed by atoms with Crippen molar-refractivity contribution in [3.63, 3.8) is 0 Å². The van der Waals surface area contributed by atoms with E-state index in [4.69, 9.17) is 14.2 Å². The van der Waals surface area contributed by atoms with Gasteiger partial charge in [0.2, 0.25) is 0 Å². The number of anilines is 1. The van der Waals surface area contributed by atoms with Gasteiger partial charge in [0, 0.05) is 32.7 Å². The van der Waals surface area contributed by atoms with E-state index in [9.17, 15) is 9.90 Å². The van der Waals surface area contributed by atoms with E-state index in [0.717, 1.165) is 37.6 Å². The zero-order valence-electron chi connectivity index (χ0n) is 17.2. The minimum Gasteiger partial charge on any atom is -0.495 e. The Morgan fingerprint density at radius 2 is 2.10 bits per heavy atom. The molecule has 164 valence electrons. The Morgan fingerprint density at radius 1 is 1.33 bits per heavy atom. The lowest BCUT2D eigenvalue weighted by molar-refractivity contribution is -0.181. The van der Waals surface area contributed by atoms with Crippen molar-refractivity contribution in [3.05, 3.63) is 36.9 Å². The molecular weight excluding hydrogens is 388 g/mol. The maximum Gasteiger partial charge on any atom is 0.315 e. The molecule has 3 heterocycles. The van der Waals surface area contributed by atoms with Crippen LogP contribution in [0.5, 0.6) is 5.75 Å². The van der Waals surface area contributed by atoms with Crippen LogP contribution in [0.2, 0.25) is 0 Å². The van der Waals surface area contributed by atoms with E-state index < -0.39 is 18.4 Å². The number of hydrogen-bond acceptors (Lipinski definition) is 7. The fraction of sp³-hybridized carbons (Fsp3) is 0.571. The number of para-hydroxylation sites is 2. The number of ether oxygens (including phenoxy) is 3. The predicted octanol–water partition coefficient (Wildman–Crippen LogP) is 0.156. The Kier molecular flexibility index (Phi) is 6.43. The number of urea groups is 1. The topological polar surface area (TPSA) is 95.5 Å². The van der Waals surface area contributed by atoms with Crippen molar-refractivity contribution in [2.24, 2.45) is 0 Å². The number of fused-ring (bicyclic) bond motifs is 2. The summed E-state index contributed by atoms with van der Waals surface area (Å²) in [6.07, 6.45) is -0.0298. The third kappa shape index (κ3) is 4.11. The summed E-state index contributed by atoms with van der Waals surface area (Å²) in [6.45, 7) is 7.35. The van der Waals surface area contributed by atoms with Crippen molar-refractivity contribution in [1.82, 2.24) is 15.5 Å². The molecule has 5 atom stereocenters. The zero-order valence-corrected chi connectivity index (χ0v) is 17.2.